The molecule has 102 valence electrons. The second-order valence-electron chi connectivity index (χ2n) is 5.56. The Morgan fingerprint density at radius 1 is 1.39 bits per heavy atom. The van der Waals surface area contributed by atoms with Gasteiger partial charge in [-0.25, -0.2) is 0 Å². The summed E-state index contributed by atoms with van der Waals surface area (Å²) < 4.78 is 0. The lowest BCUT2D eigenvalue weighted by Gasteiger charge is -2.45. The van der Waals surface area contributed by atoms with Crippen LogP contribution in [0.25, 0.3) is 0 Å². The third kappa shape index (κ3) is 2.51. The van der Waals surface area contributed by atoms with Gasteiger partial charge in [-0.05, 0) is 26.8 Å². The van der Waals surface area contributed by atoms with E-state index in [2.05, 4.69) is 6.92 Å². The first-order chi connectivity index (χ1) is 8.50. The van der Waals surface area contributed by atoms with Gasteiger partial charge in [-0.3, -0.25) is 14.5 Å². The maximum absolute atomic E-state index is 12.4. The normalized spacial score (nSPS) is 31.0. The Balaban J connectivity index is 2.12. The number of aliphatic carboxylic acids is 1. The van der Waals surface area contributed by atoms with Crippen LogP contribution in [-0.2, 0) is 9.59 Å². The Labute approximate surface area is 108 Å². The minimum absolute atomic E-state index is 0.00454. The predicted molar refractivity (Wildman–Crippen MR) is 67.2 cm³/mol. The van der Waals surface area contributed by atoms with E-state index in [4.69, 9.17) is 5.11 Å². The maximum atomic E-state index is 12.4. The summed E-state index contributed by atoms with van der Waals surface area (Å²) in [5.74, 6) is -0.898. The number of carbonyl (C=O) groups excluding carboxylic acids is 1. The van der Waals surface area contributed by atoms with Gasteiger partial charge in [-0.1, -0.05) is 12.8 Å². The molecule has 5 heteroatoms. The zero-order chi connectivity index (χ0) is 13.3. The van der Waals surface area contributed by atoms with Gasteiger partial charge in [-0.15, -0.1) is 0 Å². The van der Waals surface area contributed by atoms with E-state index < -0.39 is 12.0 Å². The number of rotatable bonds is 3. The third-order valence-electron chi connectivity index (χ3n) is 4.35. The first kappa shape index (κ1) is 13.3. The van der Waals surface area contributed by atoms with E-state index >= 15 is 0 Å². The molecule has 0 aromatic rings. The van der Waals surface area contributed by atoms with E-state index in [1.165, 1.54) is 12.8 Å². The van der Waals surface area contributed by atoms with Gasteiger partial charge < -0.3 is 10.0 Å². The quantitative estimate of drug-likeness (QED) is 0.814. The lowest BCUT2D eigenvalue weighted by molar-refractivity contribution is -0.152. The molecule has 1 N–H and O–H groups in total. The van der Waals surface area contributed by atoms with Crippen molar-refractivity contribution < 1.29 is 14.7 Å². The van der Waals surface area contributed by atoms with Crippen molar-refractivity contribution >= 4 is 11.9 Å². The molecular formula is C13H22N2O3. The number of likely N-dealkylation sites (N-methyl/N-ethyl adjacent to an activating group) is 1. The van der Waals surface area contributed by atoms with Crippen LogP contribution in [0, 0.1) is 0 Å². The maximum Gasteiger partial charge on any atom is 0.305 e. The van der Waals surface area contributed by atoms with E-state index in [1.807, 2.05) is 16.8 Å². The molecule has 1 aliphatic heterocycles. The van der Waals surface area contributed by atoms with Crippen molar-refractivity contribution in [2.45, 2.75) is 57.2 Å². The lowest BCUT2D eigenvalue weighted by atomic mass is 10.0. The minimum Gasteiger partial charge on any atom is -0.481 e. The Morgan fingerprint density at radius 2 is 2.00 bits per heavy atom. The van der Waals surface area contributed by atoms with Crippen molar-refractivity contribution in [3.05, 3.63) is 0 Å². The van der Waals surface area contributed by atoms with Crippen LogP contribution >= 0.6 is 0 Å². The highest BCUT2D eigenvalue weighted by atomic mass is 16.4. The average molecular weight is 254 g/mol. The molecule has 2 rings (SSSR count). The SMILES string of the molecule is CC1CN(C2CCCC2)C(=O)C(CC(=O)O)N1C. The van der Waals surface area contributed by atoms with Crippen LogP contribution in [0.2, 0.25) is 0 Å². The lowest BCUT2D eigenvalue weighted by Crippen LogP contribution is -2.62. The molecule has 2 fully saturated rings. The number of carboxylic acids is 1. The highest BCUT2D eigenvalue weighted by molar-refractivity contribution is 5.87. The monoisotopic (exact) mass is 254 g/mol. The van der Waals surface area contributed by atoms with Crippen molar-refractivity contribution in [2.75, 3.05) is 13.6 Å². The first-order valence-electron chi connectivity index (χ1n) is 6.75. The number of piperazine rings is 1. The number of carboxylic acid groups (broad SMARTS) is 1. The molecule has 0 aromatic heterocycles. The summed E-state index contributed by atoms with van der Waals surface area (Å²) in [6.07, 6.45) is 4.41. The number of hydrogen-bond donors (Lipinski definition) is 1. The zero-order valence-corrected chi connectivity index (χ0v) is 11.1. The van der Waals surface area contributed by atoms with Crippen LogP contribution in [0.1, 0.15) is 39.0 Å². The molecule has 0 radical (unpaired) electrons. The molecule has 0 aromatic carbocycles. The fourth-order valence-corrected chi connectivity index (χ4v) is 3.12. The molecule has 2 unspecified atom stereocenters. The fraction of sp³-hybridized carbons (Fsp3) is 0.846. The summed E-state index contributed by atoms with van der Waals surface area (Å²) in [7, 11) is 1.85. The van der Waals surface area contributed by atoms with Gasteiger partial charge in [0.05, 0.1) is 12.5 Å². The van der Waals surface area contributed by atoms with E-state index in [-0.39, 0.29) is 18.4 Å². The zero-order valence-electron chi connectivity index (χ0n) is 11.1. The molecule has 2 aliphatic rings. The summed E-state index contributed by atoms with van der Waals surface area (Å²) in [6, 6.07) is 0.0736. The third-order valence-corrected chi connectivity index (χ3v) is 4.35. The molecule has 0 bridgehead atoms. The molecule has 1 aliphatic carbocycles. The van der Waals surface area contributed by atoms with Crippen LogP contribution in [0.4, 0.5) is 0 Å². The molecule has 18 heavy (non-hydrogen) atoms. The van der Waals surface area contributed by atoms with Crippen LogP contribution < -0.4 is 0 Å². The average Bonchev–Trinajstić information content (AvgIpc) is 2.82. The molecular weight excluding hydrogens is 232 g/mol. The summed E-state index contributed by atoms with van der Waals surface area (Å²) in [6.45, 7) is 2.79. The molecule has 0 spiro atoms. The molecule has 2 atom stereocenters. The fourth-order valence-electron chi connectivity index (χ4n) is 3.12. The Kier molecular flexibility index (Phi) is 3.90. The van der Waals surface area contributed by atoms with Crippen molar-refractivity contribution in [3.63, 3.8) is 0 Å². The standard InChI is InChI=1S/C13H22N2O3/c1-9-8-15(10-5-3-4-6-10)13(18)11(14(9)2)7-12(16)17/h9-11H,3-8H2,1-2H3,(H,16,17). The predicted octanol–water partition coefficient (Wildman–Crippen LogP) is 0.935. The van der Waals surface area contributed by atoms with Gasteiger partial charge in [0.2, 0.25) is 5.91 Å². The Morgan fingerprint density at radius 3 is 2.56 bits per heavy atom. The molecule has 1 heterocycles. The van der Waals surface area contributed by atoms with Gasteiger partial charge in [-0.2, -0.15) is 0 Å². The number of hydrogen-bond acceptors (Lipinski definition) is 3. The van der Waals surface area contributed by atoms with Gasteiger partial charge in [0.1, 0.15) is 0 Å². The van der Waals surface area contributed by atoms with Crippen molar-refractivity contribution in [1.82, 2.24) is 9.80 Å². The smallest absolute Gasteiger partial charge is 0.305 e. The summed E-state index contributed by atoms with van der Waals surface area (Å²) >= 11 is 0. The summed E-state index contributed by atoms with van der Waals surface area (Å²) in [5.41, 5.74) is 0. The first-order valence-corrected chi connectivity index (χ1v) is 6.75. The second kappa shape index (κ2) is 5.26. The minimum atomic E-state index is -0.902. The summed E-state index contributed by atoms with van der Waals surface area (Å²) in [5, 5.41) is 8.94. The van der Waals surface area contributed by atoms with Gasteiger partial charge >= 0.3 is 5.97 Å². The number of nitrogens with zero attached hydrogens (tertiary/aromatic N) is 2. The van der Waals surface area contributed by atoms with Crippen LogP contribution in [0.5, 0.6) is 0 Å². The highest BCUT2D eigenvalue weighted by Gasteiger charge is 2.40. The highest BCUT2D eigenvalue weighted by Crippen LogP contribution is 2.28. The van der Waals surface area contributed by atoms with Gasteiger partial charge in [0.25, 0.3) is 0 Å². The topological polar surface area (TPSA) is 60.9 Å². The molecule has 1 saturated carbocycles. The Hall–Kier alpha value is -1.10. The molecule has 5 nitrogen and oxygen atoms in total. The van der Waals surface area contributed by atoms with Crippen molar-refractivity contribution in [3.8, 4) is 0 Å². The van der Waals surface area contributed by atoms with E-state index in [0.717, 1.165) is 19.4 Å². The van der Waals surface area contributed by atoms with E-state index in [0.29, 0.717) is 6.04 Å². The van der Waals surface area contributed by atoms with E-state index in [1.54, 1.807) is 0 Å². The molecule has 1 amide bonds. The second-order valence-corrected chi connectivity index (χ2v) is 5.56. The van der Waals surface area contributed by atoms with Crippen LogP contribution in [-0.4, -0.2) is 58.5 Å². The van der Waals surface area contributed by atoms with Gasteiger partial charge in [0, 0.05) is 18.6 Å². The van der Waals surface area contributed by atoms with Crippen LogP contribution in [0.15, 0.2) is 0 Å². The van der Waals surface area contributed by atoms with Gasteiger partial charge in [0.15, 0.2) is 0 Å². The summed E-state index contributed by atoms with van der Waals surface area (Å²) in [4.78, 5) is 27.2. The Bertz CT molecular complexity index is 339. The number of amides is 1. The van der Waals surface area contributed by atoms with Crippen LogP contribution in [0.3, 0.4) is 0 Å². The molecule has 1 saturated heterocycles. The number of carbonyl (C=O) groups is 2. The largest absolute Gasteiger partial charge is 0.481 e. The van der Waals surface area contributed by atoms with E-state index in [9.17, 15) is 9.59 Å². The van der Waals surface area contributed by atoms with Crippen molar-refractivity contribution in [1.29, 1.82) is 0 Å². The van der Waals surface area contributed by atoms with Crippen molar-refractivity contribution in [2.24, 2.45) is 0 Å².